The molecular formula is C16H23ClN2O3. The number of rotatable bonds is 6. The molecule has 0 spiro atoms. The Morgan fingerprint density at radius 3 is 2.86 bits per heavy atom. The highest BCUT2D eigenvalue weighted by Crippen LogP contribution is 2.22. The number of hydrogen-bond acceptors (Lipinski definition) is 3. The molecule has 0 aliphatic carbocycles. The normalized spacial score (nSPS) is 19.2. The maximum Gasteiger partial charge on any atom is 0.318 e. The van der Waals surface area contributed by atoms with Gasteiger partial charge < -0.3 is 20.1 Å². The van der Waals surface area contributed by atoms with Crippen molar-refractivity contribution in [1.82, 2.24) is 10.2 Å². The molecule has 2 atom stereocenters. The largest absolute Gasteiger partial charge is 0.394 e. The van der Waals surface area contributed by atoms with Crippen molar-refractivity contribution in [3.8, 4) is 0 Å². The standard InChI is InChI=1S/C16H23ClN2O3/c1-22-10-8-15(12-4-6-13(17)7-5-12)18-16(21)19-9-2-3-14(19)11-20/h4-7,14-15,20H,2-3,8-11H2,1H3,(H,18,21)/t14-,15?/m0/s1. The number of benzene rings is 1. The van der Waals surface area contributed by atoms with Gasteiger partial charge in [0.15, 0.2) is 0 Å². The Morgan fingerprint density at radius 1 is 1.50 bits per heavy atom. The summed E-state index contributed by atoms with van der Waals surface area (Å²) in [7, 11) is 1.64. The fraction of sp³-hybridized carbons (Fsp3) is 0.562. The minimum atomic E-state index is -0.135. The average molecular weight is 327 g/mol. The number of carbonyl (C=O) groups excluding carboxylic acids is 1. The van der Waals surface area contributed by atoms with Gasteiger partial charge in [-0.3, -0.25) is 0 Å². The highest BCUT2D eigenvalue weighted by molar-refractivity contribution is 6.30. The third-order valence-corrected chi connectivity index (χ3v) is 4.28. The molecule has 1 fully saturated rings. The fourth-order valence-electron chi connectivity index (χ4n) is 2.78. The third-order valence-electron chi connectivity index (χ3n) is 4.03. The van der Waals surface area contributed by atoms with Crippen LogP contribution in [0.15, 0.2) is 24.3 Å². The maximum absolute atomic E-state index is 12.5. The van der Waals surface area contributed by atoms with Crippen molar-refractivity contribution in [2.24, 2.45) is 0 Å². The smallest absolute Gasteiger partial charge is 0.318 e. The van der Waals surface area contributed by atoms with Crippen LogP contribution in [0.25, 0.3) is 0 Å². The zero-order valence-corrected chi connectivity index (χ0v) is 13.6. The third kappa shape index (κ3) is 4.35. The van der Waals surface area contributed by atoms with Crippen molar-refractivity contribution in [2.45, 2.75) is 31.3 Å². The average Bonchev–Trinajstić information content (AvgIpc) is 3.01. The Bertz CT molecular complexity index is 481. The van der Waals surface area contributed by atoms with Crippen LogP contribution in [0, 0.1) is 0 Å². The molecular weight excluding hydrogens is 304 g/mol. The van der Waals surface area contributed by atoms with Gasteiger partial charge in [-0.2, -0.15) is 0 Å². The number of aliphatic hydroxyl groups is 1. The lowest BCUT2D eigenvalue weighted by Crippen LogP contribution is -2.45. The van der Waals surface area contributed by atoms with Crippen molar-refractivity contribution >= 4 is 17.6 Å². The number of amides is 2. The molecule has 1 aliphatic rings. The summed E-state index contributed by atoms with van der Waals surface area (Å²) in [6.45, 7) is 1.25. The summed E-state index contributed by atoms with van der Waals surface area (Å²) in [6.07, 6.45) is 2.47. The molecule has 1 unspecified atom stereocenters. The quantitative estimate of drug-likeness (QED) is 0.844. The predicted molar refractivity (Wildman–Crippen MR) is 86.0 cm³/mol. The first-order valence-corrected chi connectivity index (χ1v) is 7.96. The summed E-state index contributed by atoms with van der Waals surface area (Å²) in [5.41, 5.74) is 0.995. The Kier molecular flexibility index (Phi) is 6.49. The number of aliphatic hydroxyl groups excluding tert-OH is 1. The molecule has 1 heterocycles. The van der Waals surface area contributed by atoms with Crippen LogP contribution in [-0.2, 0) is 4.74 Å². The molecule has 2 rings (SSSR count). The minimum Gasteiger partial charge on any atom is -0.394 e. The van der Waals surface area contributed by atoms with Gasteiger partial charge in [-0.1, -0.05) is 23.7 Å². The van der Waals surface area contributed by atoms with E-state index in [-0.39, 0.29) is 24.7 Å². The van der Waals surface area contributed by atoms with Crippen molar-refractivity contribution in [3.05, 3.63) is 34.9 Å². The van der Waals surface area contributed by atoms with Gasteiger partial charge in [-0.15, -0.1) is 0 Å². The van der Waals surface area contributed by atoms with Crippen molar-refractivity contribution in [1.29, 1.82) is 0 Å². The molecule has 0 bridgehead atoms. The molecule has 0 radical (unpaired) electrons. The van der Waals surface area contributed by atoms with Crippen LogP contribution in [0.5, 0.6) is 0 Å². The molecule has 1 aromatic rings. The van der Waals surface area contributed by atoms with E-state index in [0.29, 0.717) is 24.6 Å². The van der Waals surface area contributed by atoms with Gasteiger partial charge in [-0.05, 0) is 37.0 Å². The van der Waals surface area contributed by atoms with Gasteiger partial charge in [0.25, 0.3) is 0 Å². The summed E-state index contributed by atoms with van der Waals surface area (Å²) >= 11 is 5.92. The first kappa shape index (κ1) is 17.1. The lowest BCUT2D eigenvalue weighted by Gasteiger charge is -2.27. The molecule has 1 aromatic carbocycles. The van der Waals surface area contributed by atoms with Crippen LogP contribution in [0.1, 0.15) is 30.9 Å². The van der Waals surface area contributed by atoms with Crippen LogP contribution in [-0.4, -0.2) is 48.9 Å². The molecule has 2 N–H and O–H groups in total. The lowest BCUT2D eigenvalue weighted by molar-refractivity contribution is 0.149. The van der Waals surface area contributed by atoms with Crippen LogP contribution in [0.2, 0.25) is 5.02 Å². The Morgan fingerprint density at radius 2 is 2.23 bits per heavy atom. The van der Waals surface area contributed by atoms with E-state index in [1.807, 2.05) is 24.3 Å². The molecule has 0 saturated carbocycles. The summed E-state index contributed by atoms with van der Waals surface area (Å²) < 4.78 is 5.14. The predicted octanol–water partition coefficient (Wildman–Crippen LogP) is 2.58. The molecule has 122 valence electrons. The zero-order valence-electron chi connectivity index (χ0n) is 12.8. The van der Waals surface area contributed by atoms with Crippen LogP contribution < -0.4 is 5.32 Å². The Hall–Kier alpha value is -1.30. The van der Waals surface area contributed by atoms with Crippen LogP contribution in [0.3, 0.4) is 0 Å². The molecule has 1 saturated heterocycles. The number of likely N-dealkylation sites (tertiary alicyclic amines) is 1. The first-order chi connectivity index (χ1) is 10.7. The van der Waals surface area contributed by atoms with Gasteiger partial charge in [0.1, 0.15) is 0 Å². The maximum atomic E-state index is 12.5. The zero-order chi connectivity index (χ0) is 15.9. The van der Waals surface area contributed by atoms with Gasteiger partial charge in [0, 0.05) is 25.3 Å². The highest BCUT2D eigenvalue weighted by atomic mass is 35.5. The van der Waals surface area contributed by atoms with E-state index in [1.165, 1.54) is 0 Å². The van der Waals surface area contributed by atoms with Gasteiger partial charge in [0.2, 0.25) is 0 Å². The Labute approximate surface area is 136 Å². The molecule has 5 nitrogen and oxygen atoms in total. The molecule has 6 heteroatoms. The van der Waals surface area contributed by atoms with Crippen molar-refractivity contribution < 1.29 is 14.6 Å². The van der Waals surface area contributed by atoms with E-state index in [4.69, 9.17) is 16.3 Å². The monoisotopic (exact) mass is 326 g/mol. The second kappa shape index (κ2) is 8.36. The number of hydrogen-bond donors (Lipinski definition) is 2. The molecule has 22 heavy (non-hydrogen) atoms. The summed E-state index contributed by atoms with van der Waals surface area (Å²) in [4.78, 5) is 14.2. The van der Waals surface area contributed by atoms with E-state index < -0.39 is 0 Å². The summed E-state index contributed by atoms with van der Waals surface area (Å²) in [6, 6.07) is 7.11. The number of halogens is 1. The van der Waals surface area contributed by atoms with Gasteiger partial charge in [-0.25, -0.2) is 4.79 Å². The van der Waals surface area contributed by atoms with E-state index in [1.54, 1.807) is 12.0 Å². The highest BCUT2D eigenvalue weighted by Gasteiger charge is 2.29. The van der Waals surface area contributed by atoms with Gasteiger partial charge in [0.05, 0.1) is 18.7 Å². The first-order valence-electron chi connectivity index (χ1n) is 7.58. The SMILES string of the molecule is COCCC(NC(=O)N1CCC[C@H]1CO)c1ccc(Cl)cc1. The number of nitrogens with one attached hydrogen (secondary N) is 1. The second-order valence-corrected chi connectivity index (χ2v) is 5.94. The summed E-state index contributed by atoms with van der Waals surface area (Å²) in [5.74, 6) is 0. The second-order valence-electron chi connectivity index (χ2n) is 5.51. The molecule has 2 amide bonds. The van der Waals surface area contributed by atoms with Crippen molar-refractivity contribution in [3.63, 3.8) is 0 Å². The number of urea groups is 1. The fourth-order valence-corrected chi connectivity index (χ4v) is 2.90. The lowest BCUT2D eigenvalue weighted by atomic mass is 10.0. The number of methoxy groups -OCH3 is 1. The van der Waals surface area contributed by atoms with E-state index in [0.717, 1.165) is 18.4 Å². The van der Waals surface area contributed by atoms with Crippen LogP contribution in [0.4, 0.5) is 4.79 Å². The molecule has 1 aliphatic heterocycles. The molecule has 0 aromatic heterocycles. The van der Waals surface area contributed by atoms with Crippen molar-refractivity contribution in [2.75, 3.05) is 26.9 Å². The van der Waals surface area contributed by atoms with E-state index >= 15 is 0 Å². The number of ether oxygens (including phenoxy) is 1. The van der Waals surface area contributed by atoms with Gasteiger partial charge >= 0.3 is 6.03 Å². The van der Waals surface area contributed by atoms with E-state index in [2.05, 4.69) is 5.32 Å². The number of carbonyl (C=O) groups is 1. The Balaban J connectivity index is 2.05. The minimum absolute atomic E-state index is 0.0110. The van der Waals surface area contributed by atoms with E-state index in [9.17, 15) is 9.90 Å². The topological polar surface area (TPSA) is 61.8 Å². The van der Waals surface area contributed by atoms with Crippen LogP contribution >= 0.6 is 11.6 Å². The summed E-state index contributed by atoms with van der Waals surface area (Å²) in [5, 5.41) is 13.1. The number of nitrogens with zero attached hydrogens (tertiary/aromatic N) is 1.